The molecule has 148 valence electrons. The number of hydrogen-bond donors (Lipinski definition) is 1. The number of nitrogens with zero attached hydrogens (tertiary/aromatic N) is 1. The van der Waals surface area contributed by atoms with Crippen molar-refractivity contribution in [2.45, 2.75) is 20.3 Å². The number of rotatable bonds is 5. The Morgan fingerprint density at radius 3 is 2.71 bits per heavy atom. The third kappa shape index (κ3) is 3.77. The van der Waals surface area contributed by atoms with Gasteiger partial charge in [0.05, 0.1) is 29.5 Å². The molecule has 3 rings (SSSR count). The fourth-order valence-electron chi connectivity index (χ4n) is 3.10. The van der Waals surface area contributed by atoms with Crippen LogP contribution in [0.2, 0.25) is 5.02 Å². The molecule has 0 amide bonds. The normalized spacial score (nSPS) is 11.2. The van der Waals surface area contributed by atoms with Gasteiger partial charge in [0.2, 0.25) is 0 Å². The summed E-state index contributed by atoms with van der Waals surface area (Å²) in [6, 6.07) is 5.44. The molecular formula is C20H20ClIN2O4. The van der Waals surface area contributed by atoms with E-state index >= 15 is 0 Å². The summed E-state index contributed by atoms with van der Waals surface area (Å²) in [6.45, 7) is 4.11. The van der Waals surface area contributed by atoms with Gasteiger partial charge in [-0.2, -0.15) is 0 Å². The summed E-state index contributed by atoms with van der Waals surface area (Å²) < 4.78 is 13.0. The highest BCUT2D eigenvalue weighted by molar-refractivity contribution is 14.1. The van der Waals surface area contributed by atoms with Crippen LogP contribution in [-0.2, 0) is 18.2 Å². The molecule has 2 aromatic heterocycles. The number of halogens is 2. The Morgan fingerprint density at radius 1 is 1.39 bits per heavy atom. The zero-order chi connectivity index (χ0) is 20.6. The summed E-state index contributed by atoms with van der Waals surface area (Å²) in [5, 5.41) is 3.97. The molecule has 28 heavy (non-hydrogen) atoms. The summed E-state index contributed by atoms with van der Waals surface area (Å²) in [7, 11) is 2.89. The average Bonchev–Trinajstić information content (AvgIpc) is 3.03. The van der Waals surface area contributed by atoms with Gasteiger partial charge in [-0.05, 0) is 53.1 Å². The molecule has 6 nitrogen and oxygen atoms in total. The van der Waals surface area contributed by atoms with Crippen LogP contribution in [0.3, 0.4) is 0 Å². The summed E-state index contributed by atoms with van der Waals surface area (Å²) >= 11 is 8.48. The molecule has 0 fully saturated rings. The number of anilines is 2. The number of carbonyl (C=O) groups excluding carboxylic acids is 1. The number of fused-ring (bicyclic) bond motifs is 1. The highest BCUT2D eigenvalue weighted by atomic mass is 127. The van der Waals surface area contributed by atoms with Crippen LogP contribution in [0, 0.1) is 9.49 Å². The van der Waals surface area contributed by atoms with Gasteiger partial charge in [-0.1, -0.05) is 25.4 Å². The van der Waals surface area contributed by atoms with Gasteiger partial charge in [-0.3, -0.25) is 9.36 Å². The van der Waals surface area contributed by atoms with Crippen molar-refractivity contribution in [3.05, 3.63) is 54.5 Å². The van der Waals surface area contributed by atoms with Gasteiger partial charge in [-0.25, -0.2) is 4.79 Å². The Labute approximate surface area is 181 Å². The maximum absolute atomic E-state index is 13.1. The van der Waals surface area contributed by atoms with E-state index in [2.05, 4.69) is 41.8 Å². The second kappa shape index (κ2) is 8.16. The molecule has 1 N–H and O–H groups in total. The standard InChI is InChI=1S/C20H20ClIN2O4/c1-10(2)7-11-9-28-17-15(11)19(25)24(3)18(16(17)20(26)27-4)23-14-6-5-12(22)8-13(14)21/h5-6,8-10,23H,7H2,1-4H3. The van der Waals surface area contributed by atoms with Crippen molar-refractivity contribution in [2.75, 3.05) is 12.4 Å². The van der Waals surface area contributed by atoms with E-state index in [4.69, 9.17) is 20.8 Å². The van der Waals surface area contributed by atoms with E-state index in [-0.39, 0.29) is 22.5 Å². The fraction of sp³-hybridized carbons (Fsp3) is 0.300. The Balaban J connectivity index is 2.28. The van der Waals surface area contributed by atoms with Crippen LogP contribution in [0.25, 0.3) is 11.0 Å². The first kappa shape index (κ1) is 20.7. The van der Waals surface area contributed by atoms with Crippen molar-refractivity contribution in [1.29, 1.82) is 0 Å². The summed E-state index contributed by atoms with van der Waals surface area (Å²) in [4.78, 5) is 25.7. The van der Waals surface area contributed by atoms with Crippen LogP contribution in [-0.4, -0.2) is 17.6 Å². The van der Waals surface area contributed by atoms with Gasteiger partial charge in [0.15, 0.2) is 5.58 Å². The predicted molar refractivity (Wildman–Crippen MR) is 119 cm³/mol. The lowest BCUT2D eigenvalue weighted by molar-refractivity contribution is 0.0602. The van der Waals surface area contributed by atoms with Gasteiger partial charge < -0.3 is 14.5 Å². The van der Waals surface area contributed by atoms with Gasteiger partial charge in [0, 0.05) is 16.2 Å². The van der Waals surface area contributed by atoms with Gasteiger partial charge in [0.25, 0.3) is 5.56 Å². The molecule has 0 saturated carbocycles. The molecule has 0 spiro atoms. The second-order valence-corrected chi connectivity index (χ2v) is 8.54. The van der Waals surface area contributed by atoms with Crippen molar-refractivity contribution < 1.29 is 13.9 Å². The first-order chi connectivity index (χ1) is 13.2. The number of ether oxygens (including phenoxy) is 1. The van der Waals surface area contributed by atoms with E-state index in [9.17, 15) is 9.59 Å². The second-order valence-electron chi connectivity index (χ2n) is 6.89. The summed E-state index contributed by atoms with van der Waals surface area (Å²) in [6.07, 6.45) is 2.21. The number of benzene rings is 1. The third-order valence-electron chi connectivity index (χ3n) is 4.39. The average molecular weight is 515 g/mol. The lowest BCUT2D eigenvalue weighted by Gasteiger charge is -2.16. The van der Waals surface area contributed by atoms with Crippen molar-refractivity contribution >= 4 is 62.6 Å². The first-order valence-electron chi connectivity index (χ1n) is 8.68. The molecule has 0 aliphatic heterocycles. The molecule has 0 aliphatic carbocycles. The Morgan fingerprint density at radius 2 is 2.11 bits per heavy atom. The van der Waals surface area contributed by atoms with Crippen LogP contribution in [0.4, 0.5) is 11.5 Å². The first-order valence-corrected chi connectivity index (χ1v) is 10.1. The highest BCUT2D eigenvalue weighted by Gasteiger charge is 2.26. The third-order valence-corrected chi connectivity index (χ3v) is 5.37. The van der Waals surface area contributed by atoms with Gasteiger partial charge in [-0.15, -0.1) is 0 Å². The van der Waals surface area contributed by atoms with Crippen LogP contribution >= 0.6 is 34.2 Å². The minimum Gasteiger partial charge on any atom is -0.465 e. The topological polar surface area (TPSA) is 73.5 Å². The van der Waals surface area contributed by atoms with E-state index in [1.807, 2.05) is 6.07 Å². The Bertz CT molecular complexity index is 1120. The van der Waals surface area contributed by atoms with Crippen LogP contribution in [0.5, 0.6) is 0 Å². The smallest absolute Gasteiger partial charge is 0.345 e. The molecule has 2 heterocycles. The molecule has 0 unspecified atom stereocenters. The number of esters is 1. The molecule has 3 aromatic rings. The van der Waals surface area contributed by atoms with E-state index in [1.54, 1.807) is 25.4 Å². The van der Waals surface area contributed by atoms with Crippen molar-refractivity contribution in [3.63, 3.8) is 0 Å². The van der Waals surface area contributed by atoms with Gasteiger partial charge in [0.1, 0.15) is 11.4 Å². The number of methoxy groups -OCH3 is 1. The Kier molecular flexibility index (Phi) is 6.04. The lowest BCUT2D eigenvalue weighted by Crippen LogP contribution is -2.24. The minimum atomic E-state index is -0.602. The molecule has 8 heteroatoms. The van der Waals surface area contributed by atoms with Crippen molar-refractivity contribution in [1.82, 2.24) is 4.57 Å². The number of furan rings is 1. The van der Waals surface area contributed by atoms with Crippen LogP contribution in [0.15, 0.2) is 33.7 Å². The number of pyridine rings is 1. The molecule has 1 aromatic carbocycles. The largest absolute Gasteiger partial charge is 0.465 e. The molecule has 0 saturated heterocycles. The zero-order valence-corrected chi connectivity index (χ0v) is 18.8. The lowest BCUT2D eigenvalue weighted by atomic mass is 10.0. The maximum Gasteiger partial charge on any atom is 0.345 e. The maximum atomic E-state index is 13.1. The minimum absolute atomic E-state index is 0.157. The summed E-state index contributed by atoms with van der Waals surface area (Å²) in [5.74, 6) is -0.0106. The number of hydrogen-bond acceptors (Lipinski definition) is 5. The van der Waals surface area contributed by atoms with E-state index < -0.39 is 5.97 Å². The van der Waals surface area contributed by atoms with Gasteiger partial charge >= 0.3 is 5.97 Å². The quantitative estimate of drug-likeness (QED) is 0.378. The molecule has 0 aliphatic rings. The van der Waals surface area contributed by atoms with Crippen molar-refractivity contribution in [3.8, 4) is 0 Å². The zero-order valence-electron chi connectivity index (χ0n) is 15.9. The molecule has 0 radical (unpaired) electrons. The monoisotopic (exact) mass is 514 g/mol. The predicted octanol–water partition coefficient (Wildman–Crippen LogP) is 5.12. The number of nitrogens with one attached hydrogen (secondary N) is 1. The van der Waals surface area contributed by atoms with Crippen LogP contribution in [0.1, 0.15) is 29.8 Å². The van der Waals surface area contributed by atoms with Crippen LogP contribution < -0.4 is 10.9 Å². The number of aromatic nitrogens is 1. The fourth-order valence-corrected chi connectivity index (χ4v) is 4.01. The molecular weight excluding hydrogens is 495 g/mol. The van der Waals surface area contributed by atoms with E-state index in [0.717, 1.165) is 9.13 Å². The van der Waals surface area contributed by atoms with E-state index in [0.29, 0.717) is 28.4 Å². The number of carbonyl (C=O) groups is 1. The molecule has 0 bridgehead atoms. The van der Waals surface area contributed by atoms with E-state index in [1.165, 1.54) is 11.7 Å². The van der Waals surface area contributed by atoms with Crippen molar-refractivity contribution in [2.24, 2.45) is 13.0 Å². The Hall–Kier alpha value is -2.00. The highest BCUT2D eigenvalue weighted by Crippen LogP contribution is 2.33. The summed E-state index contributed by atoms with van der Waals surface area (Å²) in [5.41, 5.74) is 1.46. The molecule has 0 atom stereocenters. The SMILES string of the molecule is COC(=O)c1c(Nc2ccc(I)cc2Cl)n(C)c(=O)c2c(CC(C)C)coc12.